The van der Waals surface area contributed by atoms with Crippen molar-refractivity contribution in [2.75, 3.05) is 19.6 Å². The average molecular weight is 516 g/mol. The Balaban J connectivity index is 1.27. The number of carboxylic acid groups (broad SMARTS) is 1. The van der Waals surface area contributed by atoms with Gasteiger partial charge in [-0.3, -0.25) is 4.79 Å². The van der Waals surface area contributed by atoms with Crippen molar-refractivity contribution in [3.63, 3.8) is 0 Å². The minimum Gasteiger partial charge on any atom is -0.481 e. The lowest BCUT2D eigenvalue weighted by molar-refractivity contribution is -0.142. The van der Waals surface area contributed by atoms with Crippen molar-refractivity contribution in [3.8, 4) is 0 Å². The molecule has 0 spiro atoms. The number of rotatable bonds is 11. The molecule has 0 amide bonds. The molecule has 1 aliphatic rings. The molecular formula is C33H41NO4. The number of piperidine rings is 1. The Labute approximate surface area is 226 Å². The van der Waals surface area contributed by atoms with Crippen molar-refractivity contribution in [3.05, 3.63) is 107 Å². The molecule has 1 saturated heterocycles. The van der Waals surface area contributed by atoms with Crippen molar-refractivity contribution >= 4 is 5.97 Å². The van der Waals surface area contributed by atoms with E-state index >= 15 is 0 Å². The Hall–Kier alpha value is -2.99. The predicted octanol–water partition coefficient (Wildman–Crippen LogP) is 5.77. The Morgan fingerprint density at radius 2 is 1.37 bits per heavy atom. The maximum Gasteiger partial charge on any atom is 0.313 e. The molecule has 3 aromatic carbocycles. The zero-order valence-corrected chi connectivity index (χ0v) is 22.5. The van der Waals surface area contributed by atoms with E-state index in [1.807, 2.05) is 48.5 Å². The Bertz CT molecular complexity index is 1100. The van der Waals surface area contributed by atoms with E-state index in [0.717, 1.165) is 61.2 Å². The molecule has 4 rings (SSSR count). The van der Waals surface area contributed by atoms with Crippen LogP contribution in [0.15, 0.2) is 84.9 Å². The minimum atomic E-state index is -0.953. The number of aliphatic hydroxyl groups is 2. The third-order valence-corrected chi connectivity index (χ3v) is 8.28. The number of aliphatic carboxylic acids is 1. The van der Waals surface area contributed by atoms with Gasteiger partial charge in [0.15, 0.2) is 0 Å². The number of nitrogens with zero attached hydrogens (tertiary/aromatic N) is 1. The third kappa shape index (κ3) is 6.71. The molecule has 3 N–H and O–H groups in total. The predicted molar refractivity (Wildman–Crippen MR) is 151 cm³/mol. The highest BCUT2D eigenvalue weighted by atomic mass is 16.4. The smallest absolute Gasteiger partial charge is 0.313 e. The van der Waals surface area contributed by atoms with E-state index in [0.29, 0.717) is 6.42 Å². The largest absolute Gasteiger partial charge is 0.481 e. The molecule has 0 radical (unpaired) electrons. The molecule has 0 aromatic heterocycles. The molecule has 0 saturated carbocycles. The quantitative estimate of drug-likeness (QED) is 0.302. The topological polar surface area (TPSA) is 81.0 Å². The third-order valence-electron chi connectivity index (χ3n) is 8.28. The van der Waals surface area contributed by atoms with Crippen LogP contribution < -0.4 is 0 Å². The van der Waals surface area contributed by atoms with Gasteiger partial charge in [-0.25, -0.2) is 0 Å². The van der Waals surface area contributed by atoms with Gasteiger partial charge in [-0.2, -0.15) is 0 Å². The molecule has 3 aromatic rings. The van der Waals surface area contributed by atoms with Crippen LogP contribution in [0.2, 0.25) is 0 Å². The molecule has 1 fully saturated rings. The number of benzene rings is 3. The first-order valence-electron chi connectivity index (χ1n) is 13.8. The second-order valence-electron chi connectivity index (χ2n) is 11.2. The summed E-state index contributed by atoms with van der Waals surface area (Å²) in [6.07, 6.45) is 2.47. The summed E-state index contributed by atoms with van der Waals surface area (Å²) in [4.78, 5) is 13.9. The van der Waals surface area contributed by atoms with Crippen LogP contribution >= 0.6 is 0 Å². The van der Waals surface area contributed by atoms with Crippen molar-refractivity contribution in [1.82, 2.24) is 4.90 Å². The molecule has 202 valence electrons. The van der Waals surface area contributed by atoms with E-state index in [4.69, 9.17) is 0 Å². The normalized spacial score (nSPS) is 16.9. The van der Waals surface area contributed by atoms with Crippen LogP contribution in [-0.2, 0) is 10.2 Å². The monoisotopic (exact) mass is 515 g/mol. The number of aliphatic hydroxyl groups excluding tert-OH is 2. The summed E-state index contributed by atoms with van der Waals surface area (Å²) in [6, 6.07) is 27.9. The highest BCUT2D eigenvalue weighted by Crippen LogP contribution is 2.35. The highest BCUT2D eigenvalue weighted by molar-refractivity contribution is 5.80. The van der Waals surface area contributed by atoms with Gasteiger partial charge in [0.05, 0.1) is 17.6 Å². The first-order valence-corrected chi connectivity index (χ1v) is 13.8. The van der Waals surface area contributed by atoms with Gasteiger partial charge >= 0.3 is 5.97 Å². The first kappa shape index (κ1) is 28.0. The molecule has 1 heterocycles. The zero-order chi connectivity index (χ0) is 27.1. The molecule has 1 aliphatic heterocycles. The van der Waals surface area contributed by atoms with Gasteiger partial charge in [-0.1, -0.05) is 84.9 Å². The molecule has 5 nitrogen and oxygen atoms in total. The van der Waals surface area contributed by atoms with E-state index in [-0.39, 0.29) is 11.8 Å². The average Bonchev–Trinajstić information content (AvgIpc) is 2.94. The maximum absolute atomic E-state index is 11.5. The minimum absolute atomic E-state index is 0.0310. The van der Waals surface area contributed by atoms with Crippen molar-refractivity contribution < 1.29 is 20.1 Å². The van der Waals surface area contributed by atoms with Crippen LogP contribution in [0, 0.1) is 5.92 Å². The zero-order valence-electron chi connectivity index (χ0n) is 22.5. The standard InChI is InChI=1S/C33H41NO4/c1-33(2,32(37)38)28-17-15-24(16-18-28)29(35)14-9-21-34-22-19-27(20-23-34)31(36)30(25-10-5-3-6-11-25)26-12-7-4-8-13-26/h3-8,10-13,15-18,27,29-31,35-36H,9,14,19-23H2,1-2H3,(H,37,38). The fourth-order valence-corrected chi connectivity index (χ4v) is 5.62. The number of carbonyl (C=O) groups is 1. The highest BCUT2D eigenvalue weighted by Gasteiger charge is 2.33. The van der Waals surface area contributed by atoms with E-state index in [2.05, 4.69) is 29.2 Å². The van der Waals surface area contributed by atoms with Gasteiger partial charge in [-0.15, -0.1) is 0 Å². The SMILES string of the molecule is CC(C)(C(=O)O)c1ccc(C(O)CCCN2CCC(C(O)C(c3ccccc3)c3ccccc3)CC2)cc1. The summed E-state index contributed by atoms with van der Waals surface area (Å²) < 4.78 is 0. The Kier molecular flexibility index (Phi) is 9.37. The van der Waals surface area contributed by atoms with Crippen LogP contribution in [0.3, 0.4) is 0 Å². The van der Waals surface area contributed by atoms with Crippen LogP contribution in [0.5, 0.6) is 0 Å². The number of likely N-dealkylation sites (tertiary alicyclic amines) is 1. The Morgan fingerprint density at radius 3 is 1.87 bits per heavy atom. The van der Waals surface area contributed by atoms with E-state index in [1.54, 1.807) is 26.0 Å². The summed E-state index contributed by atoms with van der Waals surface area (Å²) in [5.74, 6) is -0.648. The van der Waals surface area contributed by atoms with Gasteiger partial charge in [0.2, 0.25) is 0 Å². The van der Waals surface area contributed by atoms with Gasteiger partial charge < -0.3 is 20.2 Å². The lowest BCUT2D eigenvalue weighted by Gasteiger charge is -2.37. The molecule has 38 heavy (non-hydrogen) atoms. The summed E-state index contributed by atoms with van der Waals surface area (Å²) >= 11 is 0. The first-order chi connectivity index (χ1) is 18.3. The second-order valence-corrected chi connectivity index (χ2v) is 11.2. The van der Waals surface area contributed by atoms with Crippen molar-refractivity contribution in [1.29, 1.82) is 0 Å². The molecule has 2 unspecified atom stereocenters. The molecule has 5 heteroatoms. The summed E-state index contributed by atoms with van der Waals surface area (Å²) in [6.45, 7) is 6.20. The van der Waals surface area contributed by atoms with E-state index < -0.39 is 23.6 Å². The second kappa shape index (κ2) is 12.7. The Morgan fingerprint density at radius 1 is 0.842 bits per heavy atom. The fraction of sp³-hybridized carbons (Fsp3) is 0.424. The summed E-state index contributed by atoms with van der Waals surface area (Å²) in [5, 5.41) is 31.6. The van der Waals surface area contributed by atoms with Gasteiger partial charge in [-0.05, 0) is 87.3 Å². The van der Waals surface area contributed by atoms with Gasteiger partial charge in [0, 0.05) is 5.92 Å². The van der Waals surface area contributed by atoms with E-state index in [9.17, 15) is 20.1 Å². The van der Waals surface area contributed by atoms with E-state index in [1.165, 1.54) is 0 Å². The van der Waals surface area contributed by atoms with Crippen molar-refractivity contribution in [2.24, 2.45) is 5.92 Å². The van der Waals surface area contributed by atoms with Crippen LogP contribution in [0.4, 0.5) is 0 Å². The molecule has 0 aliphatic carbocycles. The van der Waals surface area contributed by atoms with Gasteiger partial charge in [0.1, 0.15) is 0 Å². The number of carboxylic acids is 1. The lowest BCUT2D eigenvalue weighted by Crippen LogP contribution is -2.40. The van der Waals surface area contributed by atoms with Crippen LogP contribution in [0.25, 0.3) is 0 Å². The molecule has 0 bridgehead atoms. The maximum atomic E-state index is 11.5. The van der Waals surface area contributed by atoms with Crippen LogP contribution in [0.1, 0.15) is 73.8 Å². The number of hydrogen-bond acceptors (Lipinski definition) is 4. The summed E-state index contributed by atoms with van der Waals surface area (Å²) in [5.41, 5.74) is 2.91. The number of hydrogen-bond donors (Lipinski definition) is 3. The summed E-state index contributed by atoms with van der Waals surface area (Å²) in [7, 11) is 0. The van der Waals surface area contributed by atoms with Crippen LogP contribution in [-0.4, -0.2) is 51.9 Å². The lowest BCUT2D eigenvalue weighted by atomic mass is 9.78. The van der Waals surface area contributed by atoms with Gasteiger partial charge in [0.25, 0.3) is 0 Å². The molecular weight excluding hydrogens is 474 g/mol. The van der Waals surface area contributed by atoms with Crippen molar-refractivity contribution in [2.45, 2.75) is 63.1 Å². The molecule has 2 atom stereocenters. The fourth-order valence-electron chi connectivity index (χ4n) is 5.62.